The van der Waals surface area contributed by atoms with Crippen LogP contribution >= 0.6 is 0 Å². The maximum absolute atomic E-state index is 13.3. The van der Waals surface area contributed by atoms with Gasteiger partial charge in [0.05, 0.1) is 29.8 Å². The van der Waals surface area contributed by atoms with E-state index in [9.17, 15) is 50.6 Å². The number of aliphatic carboxylic acids is 4. The number of nitrogens with one attached hydrogen (secondary N) is 2. The van der Waals surface area contributed by atoms with Crippen LogP contribution in [0, 0.1) is 5.41 Å². The molecule has 1 saturated carbocycles. The fourth-order valence-corrected chi connectivity index (χ4v) is 4.27. The molecule has 12 N–H and O–H groups in total. The number of carboxylic acids is 4. The molecule has 1 amide bonds. The molecule has 0 aromatic heterocycles. The number of hydrogen-bond donors (Lipinski definition) is 9. The number of alkyl halides is 6. The van der Waals surface area contributed by atoms with Crippen molar-refractivity contribution in [3.63, 3.8) is 0 Å². The van der Waals surface area contributed by atoms with Gasteiger partial charge < -0.3 is 52.4 Å². The third kappa shape index (κ3) is 17.2. The lowest BCUT2D eigenvalue weighted by Crippen LogP contribution is -2.41. The first-order valence-corrected chi connectivity index (χ1v) is 15.2. The number of nitrogen functional groups attached to an aromatic ring is 1. The van der Waals surface area contributed by atoms with Crippen LogP contribution in [0.2, 0.25) is 0 Å². The fraction of sp³-hybridized carbons (Fsp3) is 0.355. The van der Waals surface area contributed by atoms with Gasteiger partial charge in [-0.15, -0.1) is 0 Å². The number of amides is 1. The summed E-state index contributed by atoms with van der Waals surface area (Å²) in [5.41, 5.74) is 17.4. The highest BCUT2D eigenvalue weighted by atomic mass is 19.4. The summed E-state index contributed by atoms with van der Waals surface area (Å²) >= 11 is 0. The van der Waals surface area contributed by atoms with Crippen LogP contribution in [0.25, 0.3) is 0 Å². The van der Waals surface area contributed by atoms with Crippen LogP contribution in [0.1, 0.15) is 53.6 Å². The topological polar surface area (TPSA) is 328 Å². The van der Waals surface area contributed by atoms with Gasteiger partial charge in [0, 0.05) is 23.6 Å². The van der Waals surface area contributed by atoms with Crippen molar-refractivity contribution in [1.82, 2.24) is 5.32 Å². The number of rotatable bonds is 14. The predicted octanol–water partition coefficient (Wildman–Crippen LogP) is 2.31. The van der Waals surface area contributed by atoms with Gasteiger partial charge in [-0.1, -0.05) is 12.1 Å². The average Bonchev–Trinajstić information content (AvgIpc) is 3.56. The Morgan fingerprint density at radius 1 is 0.855 bits per heavy atom. The second kappa shape index (κ2) is 20.6. The molecule has 18 nitrogen and oxygen atoms in total. The van der Waals surface area contributed by atoms with Gasteiger partial charge in [0.1, 0.15) is 23.9 Å². The Hall–Kier alpha value is -6.62. The molecule has 1 aliphatic carbocycles. The van der Waals surface area contributed by atoms with Crippen molar-refractivity contribution in [3.8, 4) is 11.5 Å². The molecule has 1 aliphatic rings. The number of aliphatic imine (C=N–C) groups is 1. The van der Waals surface area contributed by atoms with E-state index in [1.165, 1.54) is 36.4 Å². The summed E-state index contributed by atoms with van der Waals surface area (Å²) in [6.07, 6.45) is -7.69. The van der Waals surface area contributed by atoms with Gasteiger partial charge in [-0.05, 0) is 43.9 Å². The van der Waals surface area contributed by atoms with Crippen LogP contribution in [0.3, 0.4) is 0 Å². The van der Waals surface area contributed by atoms with Crippen molar-refractivity contribution in [1.29, 1.82) is 5.41 Å². The standard InChI is InChI=1S/C27H32N6O8.2C2HF3O2/c28-24(29)15-6-5-14(9-20(34)26(38)39)21(10-15)40-13-17(12-23(35)36)32-25(37)19-8-7-16(33-27(30)31)11-22(19)41-18-3-1-2-4-18;2*3-2(4,5)1(6)7/h5-8,10-11,17-18H,1-4,9,12-13H2,(H3,28,29)(H,32,37)(H,35,36)(H,38,39)(H4,30,31,33);2*(H,6,7)/t17-;;/m1../s1. The quantitative estimate of drug-likeness (QED) is 0.0573. The number of guanidine groups is 1. The first kappa shape index (κ1) is 46.4. The molecule has 2 aromatic carbocycles. The number of benzene rings is 2. The van der Waals surface area contributed by atoms with Crippen LogP contribution in [0.15, 0.2) is 41.4 Å². The molecule has 1 fully saturated rings. The zero-order valence-corrected chi connectivity index (χ0v) is 28.1. The number of nitrogens with two attached hydrogens (primary N) is 3. The Labute approximate surface area is 305 Å². The first-order chi connectivity index (χ1) is 25.3. The minimum absolute atomic E-state index is 0.0174. The first-order valence-electron chi connectivity index (χ1n) is 15.2. The summed E-state index contributed by atoms with van der Waals surface area (Å²) < 4.78 is 75.3. The van der Waals surface area contributed by atoms with Crippen LogP contribution in [-0.4, -0.2) is 98.9 Å². The molecule has 0 radical (unpaired) electrons. The van der Waals surface area contributed by atoms with Crippen LogP contribution < -0.4 is 32.0 Å². The Kier molecular flexibility index (Phi) is 17.4. The van der Waals surface area contributed by atoms with Gasteiger partial charge in [0.25, 0.3) is 5.91 Å². The number of ether oxygens (including phenoxy) is 2. The zero-order valence-electron chi connectivity index (χ0n) is 28.1. The molecule has 55 heavy (non-hydrogen) atoms. The highest BCUT2D eigenvalue weighted by Crippen LogP contribution is 2.30. The lowest BCUT2D eigenvalue weighted by molar-refractivity contribution is -0.193. The van der Waals surface area contributed by atoms with Crippen LogP contribution in [0.4, 0.5) is 32.0 Å². The molecule has 0 aliphatic heterocycles. The Morgan fingerprint density at radius 3 is 1.85 bits per heavy atom. The lowest BCUT2D eigenvalue weighted by atomic mass is 10.0. The van der Waals surface area contributed by atoms with Gasteiger partial charge in [-0.2, -0.15) is 26.3 Å². The second-order valence-electron chi connectivity index (χ2n) is 11.1. The number of carboxylic acid groups (broad SMARTS) is 4. The number of Topliss-reactive ketones (excluding diaryl/α,β-unsaturated/α-hetero) is 1. The van der Waals surface area contributed by atoms with Gasteiger partial charge in [-0.25, -0.2) is 19.4 Å². The number of hydrogen-bond acceptors (Lipinski definition) is 10. The van der Waals surface area contributed by atoms with E-state index in [1.54, 1.807) is 0 Å². The summed E-state index contributed by atoms with van der Waals surface area (Å²) in [4.78, 5) is 69.6. The van der Waals surface area contributed by atoms with E-state index in [1.807, 2.05) is 0 Å². The molecule has 0 heterocycles. The van der Waals surface area contributed by atoms with Gasteiger partial charge in [0.2, 0.25) is 5.78 Å². The SMILES string of the molecule is N=C(N)c1ccc(CC(=O)C(=O)O)c(OC[C@@H](CC(=O)O)NC(=O)c2ccc(N=C(N)N)cc2OC2CCCC2)c1.O=C(O)C(F)(F)F.O=C(O)C(F)(F)F. The van der Waals surface area contributed by atoms with Gasteiger partial charge in [0.15, 0.2) is 5.96 Å². The summed E-state index contributed by atoms with van der Waals surface area (Å²) in [6, 6.07) is 7.60. The van der Waals surface area contributed by atoms with E-state index < -0.39 is 66.8 Å². The van der Waals surface area contributed by atoms with Crippen molar-refractivity contribution in [3.05, 3.63) is 53.1 Å². The average molecular weight is 797 g/mol. The van der Waals surface area contributed by atoms with E-state index in [4.69, 9.17) is 57.0 Å². The Balaban J connectivity index is 0.000000913. The summed E-state index contributed by atoms with van der Waals surface area (Å²) in [5.74, 6) is -10.3. The summed E-state index contributed by atoms with van der Waals surface area (Å²) in [7, 11) is 0. The molecule has 1 atom stereocenters. The molecular weight excluding hydrogens is 762 g/mol. The van der Waals surface area contributed by atoms with Gasteiger partial charge in [-0.3, -0.25) is 19.8 Å². The lowest BCUT2D eigenvalue weighted by Gasteiger charge is -2.21. The molecular formula is C31H34F6N6O12. The minimum atomic E-state index is -5.08. The van der Waals surface area contributed by atoms with E-state index in [-0.39, 0.29) is 52.7 Å². The monoisotopic (exact) mass is 796 g/mol. The number of ketones is 1. The molecule has 0 spiro atoms. The van der Waals surface area contributed by atoms with E-state index in [0.717, 1.165) is 25.7 Å². The zero-order chi connectivity index (χ0) is 42.3. The molecule has 0 bridgehead atoms. The summed E-state index contributed by atoms with van der Waals surface area (Å²) in [6.45, 7) is -0.363. The molecule has 2 aromatic rings. The third-order valence-electron chi connectivity index (χ3n) is 6.71. The fourth-order valence-electron chi connectivity index (χ4n) is 4.27. The third-order valence-corrected chi connectivity index (χ3v) is 6.71. The van der Waals surface area contributed by atoms with E-state index in [0.29, 0.717) is 5.69 Å². The van der Waals surface area contributed by atoms with Crippen LogP contribution in [0.5, 0.6) is 11.5 Å². The van der Waals surface area contributed by atoms with Gasteiger partial charge >= 0.3 is 36.2 Å². The molecule has 0 saturated heterocycles. The highest BCUT2D eigenvalue weighted by Gasteiger charge is 2.39. The summed E-state index contributed by atoms with van der Waals surface area (Å²) in [5, 5.41) is 43.0. The minimum Gasteiger partial charge on any atom is -0.491 e. The number of halogens is 6. The van der Waals surface area contributed by atoms with E-state index in [2.05, 4.69) is 10.3 Å². The van der Waals surface area contributed by atoms with Crippen LogP contribution in [-0.2, 0) is 30.4 Å². The van der Waals surface area contributed by atoms with E-state index >= 15 is 0 Å². The Bertz CT molecular complexity index is 1750. The molecule has 0 unspecified atom stereocenters. The number of carbonyl (C=O) groups is 6. The van der Waals surface area contributed by atoms with Crippen molar-refractivity contribution in [2.24, 2.45) is 22.2 Å². The largest absolute Gasteiger partial charge is 0.491 e. The smallest absolute Gasteiger partial charge is 0.490 e. The number of carbonyl (C=O) groups excluding carboxylic acids is 2. The number of nitrogens with zero attached hydrogens (tertiary/aromatic N) is 1. The number of amidine groups is 1. The van der Waals surface area contributed by atoms with Crippen molar-refractivity contribution in [2.75, 3.05) is 6.61 Å². The normalized spacial score (nSPS) is 13.0. The molecule has 302 valence electrons. The Morgan fingerprint density at radius 2 is 1.40 bits per heavy atom. The van der Waals surface area contributed by atoms with Crippen molar-refractivity contribution >= 4 is 53.1 Å². The van der Waals surface area contributed by atoms with Crippen molar-refractivity contribution < 1.29 is 85.0 Å². The highest BCUT2D eigenvalue weighted by molar-refractivity contribution is 6.33. The molecule has 3 rings (SSSR count). The predicted molar refractivity (Wildman–Crippen MR) is 175 cm³/mol. The molecule has 24 heteroatoms. The second-order valence-corrected chi connectivity index (χ2v) is 11.1. The van der Waals surface area contributed by atoms with Crippen molar-refractivity contribution in [2.45, 2.75) is 63.0 Å². The maximum Gasteiger partial charge on any atom is 0.490 e. The maximum atomic E-state index is 13.3.